The number of likely N-dealkylation sites (N-methyl/N-ethyl adjacent to an activating group) is 1. The summed E-state index contributed by atoms with van der Waals surface area (Å²) in [6.45, 7) is 3.11. The molecule has 2 fully saturated rings. The van der Waals surface area contributed by atoms with Gasteiger partial charge in [0.15, 0.2) is 34.5 Å². The van der Waals surface area contributed by atoms with Crippen LogP contribution < -0.4 is 17.2 Å². The summed E-state index contributed by atoms with van der Waals surface area (Å²) in [6.07, 6.45) is -0.679. The first kappa shape index (κ1) is 27.7. The first-order valence-electron chi connectivity index (χ1n) is 12.0. The van der Waals surface area contributed by atoms with Crippen molar-refractivity contribution in [1.29, 1.82) is 5.26 Å². The number of primary amides is 1. The second-order valence-corrected chi connectivity index (χ2v) is 10.5. The second-order valence-electron chi connectivity index (χ2n) is 10.5. The first-order chi connectivity index (χ1) is 18.2. The lowest BCUT2D eigenvalue weighted by molar-refractivity contribution is -0.166. The lowest BCUT2D eigenvalue weighted by Gasteiger charge is -2.60. The third kappa shape index (κ3) is 3.33. The number of nitrogens with zero attached hydrogens (tertiary/aromatic N) is 2. The highest BCUT2D eigenvalue weighted by Gasteiger charge is 2.78. The van der Waals surface area contributed by atoms with Gasteiger partial charge in [0.05, 0.1) is 28.8 Å². The van der Waals surface area contributed by atoms with Crippen LogP contribution in [0, 0.1) is 52.3 Å². The van der Waals surface area contributed by atoms with E-state index in [-0.39, 0.29) is 23.1 Å². The Morgan fingerprint density at radius 3 is 2.18 bits per heavy atom. The van der Waals surface area contributed by atoms with Crippen molar-refractivity contribution in [2.24, 2.45) is 34.5 Å². The number of carbonyl (C=O) groups excluding carboxylic acids is 5. The molecule has 1 aromatic carbocycles. The van der Waals surface area contributed by atoms with E-state index in [2.05, 4.69) is 23.7 Å². The standard InChI is InChI=1S/C28H27N5O6/c1-5-7-13-9-14(8-6-2)19(34)16-15(13)10-26(31)11-28(32)22(33(3)4)21(36)17(25(30)39)23(37)27(28,12-29)24(38)18(26)20(16)35/h9,17-18,22,34H,10-11,31-32H2,1-4H3,(H2,30,39)/t17?,18?,22-,26-,27+,28-/m1/s1. The number of amides is 1. The van der Waals surface area contributed by atoms with E-state index in [1.165, 1.54) is 32.0 Å². The van der Waals surface area contributed by atoms with Gasteiger partial charge >= 0.3 is 0 Å². The van der Waals surface area contributed by atoms with Crippen LogP contribution in [0.5, 0.6) is 5.75 Å². The Kier molecular flexibility index (Phi) is 6.29. The van der Waals surface area contributed by atoms with Crippen molar-refractivity contribution < 1.29 is 29.1 Å². The number of rotatable bonds is 2. The normalized spacial score (nSPS) is 33.0. The van der Waals surface area contributed by atoms with Crippen LogP contribution in [0.3, 0.4) is 0 Å². The Morgan fingerprint density at radius 1 is 1.08 bits per heavy atom. The fraction of sp³-hybridized carbons (Fsp3) is 0.429. The van der Waals surface area contributed by atoms with Crippen LogP contribution >= 0.6 is 0 Å². The minimum atomic E-state index is -2.79. The molecule has 200 valence electrons. The first-order valence-corrected chi connectivity index (χ1v) is 12.0. The maximum atomic E-state index is 14.3. The molecule has 2 unspecified atom stereocenters. The van der Waals surface area contributed by atoms with Gasteiger partial charge in [-0.15, -0.1) is 11.8 Å². The van der Waals surface area contributed by atoms with Crippen LogP contribution in [0.4, 0.5) is 0 Å². The number of aromatic hydroxyl groups is 1. The molecule has 0 saturated heterocycles. The van der Waals surface area contributed by atoms with E-state index in [0.717, 1.165) is 0 Å². The number of hydrogen-bond donors (Lipinski definition) is 4. The van der Waals surface area contributed by atoms with E-state index < -0.39 is 75.6 Å². The number of phenolic OH excluding ortho intramolecular Hbond substituents is 1. The van der Waals surface area contributed by atoms with Gasteiger partial charge in [-0.25, -0.2) is 0 Å². The third-order valence-corrected chi connectivity index (χ3v) is 8.11. The summed E-state index contributed by atoms with van der Waals surface area (Å²) in [7, 11) is 2.88. The van der Waals surface area contributed by atoms with Crippen molar-refractivity contribution in [1.82, 2.24) is 4.90 Å². The number of carbonyl (C=O) groups is 5. The maximum Gasteiger partial charge on any atom is 0.235 e. The number of hydrogen-bond acceptors (Lipinski definition) is 10. The molecule has 7 N–H and O–H groups in total. The number of phenols is 1. The van der Waals surface area contributed by atoms with Crippen molar-refractivity contribution in [2.45, 2.75) is 43.8 Å². The molecule has 3 aliphatic carbocycles. The quantitative estimate of drug-likeness (QED) is 0.258. The molecule has 0 bridgehead atoms. The zero-order valence-corrected chi connectivity index (χ0v) is 21.8. The van der Waals surface area contributed by atoms with Gasteiger partial charge in [-0.3, -0.25) is 28.9 Å². The number of nitrogens with two attached hydrogens (primary N) is 3. The molecule has 6 atom stereocenters. The molecule has 0 radical (unpaired) electrons. The summed E-state index contributed by atoms with van der Waals surface area (Å²) in [4.78, 5) is 69.1. The molecule has 11 nitrogen and oxygen atoms in total. The summed E-state index contributed by atoms with van der Waals surface area (Å²) in [5, 5.41) is 21.4. The SMILES string of the molecule is CC#Cc1cc(C#CC)c2c(c1O)C(=O)C1C(=O)[C@]3(C#N)C(=O)C(C(N)=O)C(=O)[C@@H](N(C)C)[C@]3(N)C[C@]1(N)C2. The zero-order valence-electron chi connectivity index (χ0n) is 21.8. The fourth-order valence-corrected chi connectivity index (χ4v) is 6.75. The predicted octanol–water partition coefficient (Wildman–Crippen LogP) is -1.45. The summed E-state index contributed by atoms with van der Waals surface area (Å²) < 4.78 is 0. The fourth-order valence-electron chi connectivity index (χ4n) is 6.75. The van der Waals surface area contributed by atoms with Crippen LogP contribution in [0.2, 0.25) is 0 Å². The molecule has 1 amide bonds. The topological polar surface area (TPSA) is 211 Å². The second kappa shape index (κ2) is 8.86. The lowest BCUT2D eigenvalue weighted by atomic mass is 9.42. The lowest BCUT2D eigenvalue weighted by Crippen LogP contribution is -2.85. The molecule has 0 heterocycles. The van der Waals surface area contributed by atoms with Gasteiger partial charge in [0, 0.05) is 11.1 Å². The Balaban J connectivity index is 2.07. The van der Waals surface area contributed by atoms with Crippen molar-refractivity contribution in [2.75, 3.05) is 14.1 Å². The average molecular weight is 530 g/mol. The van der Waals surface area contributed by atoms with E-state index >= 15 is 0 Å². The minimum absolute atomic E-state index is 0.0964. The number of Topliss-reactive ketones (excluding diaryl/α,β-unsaturated/α-hetero) is 4. The molecule has 4 rings (SSSR count). The van der Waals surface area contributed by atoms with Crippen molar-refractivity contribution in [3.05, 3.63) is 28.3 Å². The molecule has 0 aliphatic heterocycles. The van der Waals surface area contributed by atoms with Gasteiger partial charge in [0.2, 0.25) is 5.91 Å². The minimum Gasteiger partial charge on any atom is -0.506 e. The van der Waals surface area contributed by atoms with Gasteiger partial charge in [-0.1, -0.05) is 11.8 Å². The van der Waals surface area contributed by atoms with Crippen molar-refractivity contribution in [3.63, 3.8) is 0 Å². The van der Waals surface area contributed by atoms with Crippen molar-refractivity contribution >= 4 is 29.0 Å². The van der Waals surface area contributed by atoms with Crippen LogP contribution in [0.1, 0.15) is 47.3 Å². The summed E-state index contributed by atoms with van der Waals surface area (Å²) in [6, 6.07) is 1.72. The maximum absolute atomic E-state index is 14.3. The Hall–Kier alpha value is -4.34. The van der Waals surface area contributed by atoms with Crippen LogP contribution in [0.25, 0.3) is 0 Å². The van der Waals surface area contributed by atoms with Crippen LogP contribution in [0.15, 0.2) is 6.07 Å². The Labute approximate surface area is 224 Å². The van der Waals surface area contributed by atoms with Crippen LogP contribution in [-0.4, -0.2) is 70.3 Å². The number of ketones is 4. The highest BCUT2D eigenvalue weighted by molar-refractivity contribution is 6.33. The highest BCUT2D eigenvalue weighted by Crippen LogP contribution is 2.56. The molecule has 1 aromatic rings. The largest absolute Gasteiger partial charge is 0.506 e. The smallest absolute Gasteiger partial charge is 0.235 e. The van der Waals surface area contributed by atoms with Crippen LogP contribution in [-0.2, 0) is 25.6 Å². The average Bonchev–Trinajstić information content (AvgIpc) is 2.81. The molecule has 0 spiro atoms. The molecule has 0 aromatic heterocycles. The Bertz CT molecular complexity index is 1570. The third-order valence-electron chi connectivity index (χ3n) is 8.11. The van der Waals surface area contributed by atoms with E-state index in [4.69, 9.17) is 17.2 Å². The predicted molar refractivity (Wildman–Crippen MR) is 136 cm³/mol. The van der Waals surface area contributed by atoms with E-state index in [1.807, 2.05) is 0 Å². The molecule has 39 heavy (non-hydrogen) atoms. The molecular formula is C28H27N5O6. The van der Waals surface area contributed by atoms with Gasteiger partial charge in [-0.05, 0) is 52.4 Å². The van der Waals surface area contributed by atoms with E-state index in [0.29, 0.717) is 5.56 Å². The highest BCUT2D eigenvalue weighted by atomic mass is 16.3. The van der Waals surface area contributed by atoms with Gasteiger partial charge in [0.1, 0.15) is 11.7 Å². The number of nitriles is 1. The van der Waals surface area contributed by atoms with Crippen molar-refractivity contribution in [3.8, 4) is 35.5 Å². The summed E-state index contributed by atoms with van der Waals surface area (Å²) in [5.74, 6) is 0.717. The summed E-state index contributed by atoms with van der Waals surface area (Å²) in [5.41, 5.74) is 12.7. The Morgan fingerprint density at radius 2 is 1.67 bits per heavy atom. The van der Waals surface area contributed by atoms with E-state index in [9.17, 15) is 34.3 Å². The molecule has 11 heteroatoms. The van der Waals surface area contributed by atoms with Gasteiger partial charge in [0.25, 0.3) is 0 Å². The van der Waals surface area contributed by atoms with E-state index in [1.54, 1.807) is 13.0 Å². The molecule has 3 aliphatic rings. The molecule has 2 saturated carbocycles. The summed E-state index contributed by atoms with van der Waals surface area (Å²) >= 11 is 0. The number of benzene rings is 1. The van der Waals surface area contributed by atoms with Gasteiger partial charge < -0.3 is 22.3 Å². The molecular weight excluding hydrogens is 502 g/mol. The number of fused-ring (bicyclic) bond motifs is 3. The zero-order chi connectivity index (χ0) is 29.2. The van der Waals surface area contributed by atoms with Gasteiger partial charge in [-0.2, -0.15) is 5.26 Å². The monoisotopic (exact) mass is 529 g/mol.